The van der Waals surface area contributed by atoms with Gasteiger partial charge in [0.25, 0.3) is 0 Å². The number of nitrogens with zero attached hydrogens (tertiary/aromatic N) is 2. The molecule has 6 heteroatoms. The Kier molecular flexibility index (Phi) is 5.79. The molecule has 0 aliphatic heterocycles. The van der Waals surface area contributed by atoms with Crippen LogP contribution in [0, 0.1) is 0 Å². The molecule has 0 aliphatic rings. The lowest BCUT2D eigenvalue weighted by atomic mass is 10.4. The minimum absolute atomic E-state index is 0.781. The number of hydrogen-bond donors (Lipinski definition) is 2. The minimum Gasteiger partial charge on any atom is -0.370 e. The molecule has 2 aromatic heterocycles. The van der Waals surface area contributed by atoms with Gasteiger partial charge >= 0.3 is 0 Å². The monoisotopic (exact) mass is 354 g/mol. The first-order chi connectivity index (χ1) is 9.71. The normalized spacial score (nSPS) is 10.6. The SMILES string of the molecule is CCCNc1cc(NCc2cc(Br)cs2)nc(CC)n1. The molecule has 108 valence electrons. The van der Waals surface area contributed by atoms with Gasteiger partial charge in [0.2, 0.25) is 0 Å². The number of nitrogens with one attached hydrogen (secondary N) is 2. The van der Waals surface area contributed by atoms with Crippen LogP contribution in [0.15, 0.2) is 22.0 Å². The lowest BCUT2D eigenvalue weighted by Gasteiger charge is -2.10. The van der Waals surface area contributed by atoms with E-state index in [1.807, 2.05) is 6.07 Å². The van der Waals surface area contributed by atoms with E-state index in [9.17, 15) is 0 Å². The average molecular weight is 355 g/mol. The van der Waals surface area contributed by atoms with Crippen LogP contribution in [0.5, 0.6) is 0 Å². The molecule has 0 amide bonds. The summed E-state index contributed by atoms with van der Waals surface area (Å²) in [6.45, 7) is 5.92. The third kappa shape index (κ3) is 4.45. The molecule has 0 bridgehead atoms. The molecule has 2 rings (SSSR count). The number of anilines is 2. The van der Waals surface area contributed by atoms with Gasteiger partial charge in [-0.3, -0.25) is 0 Å². The molecule has 0 aliphatic carbocycles. The van der Waals surface area contributed by atoms with Crippen LogP contribution in [0.25, 0.3) is 0 Å². The zero-order valence-electron chi connectivity index (χ0n) is 11.7. The van der Waals surface area contributed by atoms with E-state index in [0.29, 0.717) is 0 Å². The molecule has 4 nitrogen and oxygen atoms in total. The smallest absolute Gasteiger partial charge is 0.132 e. The molecule has 2 N–H and O–H groups in total. The van der Waals surface area contributed by atoms with E-state index in [1.54, 1.807) is 11.3 Å². The zero-order valence-corrected chi connectivity index (χ0v) is 14.1. The van der Waals surface area contributed by atoms with Crippen molar-refractivity contribution in [2.24, 2.45) is 0 Å². The molecule has 20 heavy (non-hydrogen) atoms. The number of thiophene rings is 1. The third-order valence-electron chi connectivity index (χ3n) is 2.71. The molecule has 2 heterocycles. The topological polar surface area (TPSA) is 49.8 Å². The van der Waals surface area contributed by atoms with Crippen LogP contribution >= 0.6 is 27.3 Å². The van der Waals surface area contributed by atoms with Gasteiger partial charge in [0.1, 0.15) is 17.5 Å². The summed E-state index contributed by atoms with van der Waals surface area (Å²) in [5, 5.41) is 8.77. The molecule has 0 atom stereocenters. The lowest BCUT2D eigenvalue weighted by Crippen LogP contribution is -2.08. The molecule has 0 fully saturated rings. The summed E-state index contributed by atoms with van der Waals surface area (Å²) in [6, 6.07) is 4.09. The molecular weight excluding hydrogens is 336 g/mol. The van der Waals surface area contributed by atoms with Gasteiger partial charge in [-0.05, 0) is 28.4 Å². The van der Waals surface area contributed by atoms with Crippen molar-refractivity contribution in [1.82, 2.24) is 9.97 Å². The van der Waals surface area contributed by atoms with E-state index in [-0.39, 0.29) is 0 Å². The summed E-state index contributed by atoms with van der Waals surface area (Å²) in [4.78, 5) is 10.3. The summed E-state index contributed by atoms with van der Waals surface area (Å²) in [6.07, 6.45) is 1.92. The Bertz CT molecular complexity index is 556. The summed E-state index contributed by atoms with van der Waals surface area (Å²) < 4.78 is 1.13. The Morgan fingerprint density at radius 1 is 1.15 bits per heavy atom. The molecule has 0 aromatic carbocycles. The van der Waals surface area contributed by atoms with Crippen molar-refractivity contribution in [3.8, 4) is 0 Å². The van der Waals surface area contributed by atoms with Gasteiger partial charge in [0, 0.05) is 33.8 Å². The number of aromatic nitrogens is 2. The molecule has 0 saturated heterocycles. The Morgan fingerprint density at radius 2 is 1.90 bits per heavy atom. The molecule has 0 unspecified atom stereocenters. The Morgan fingerprint density at radius 3 is 2.50 bits per heavy atom. The van der Waals surface area contributed by atoms with Crippen LogP contribution < -0.4 is 10.6 Å². The standard InChI is InChI=1S/C14H19BrN4S/c1-3-5-16-13-7-14(19-12(4-2)18-13)17-8-11-6-10(15)9-20-11/h6-7,9H,3-5,8H2,1-2H3,(H2,16,17,18,19). The van der Waals surface area contributed by atoms with Gasteiger partial charge in [-0.2, -0.15) is 0 Å². The predicted molar refractivity (Wildman–Crippen MR) is 89.5 cm³/mol. The molecule has 0 spiro atoms. The number of rotatable bonds is 7. The summed E-state index contributed by atoms with van der Waals surface area (Å²) in [7, 11) is 0. The fourth-order valence-electron chi connectivity index (χ4n) is 1.71. The predicted octanol–water partition coefficient (Wildman–Crippen LogP) is 4.30. The first-order valence-corrected chi connectivity index (χ1v) is 8.47. The van der Waals surface area contributed by atoms with Crippen molar-refractivity contribution >= 4 is 38.9 Å². The lowest BCUT2D eigenvalue weighted by molar-refractivity contribution is 0.914. The minimum atomic E-state index is 0.781. The zero-order chi connectivity index (χ0) is 14.4. The van der Waals surface area contributed by atoms with Crippen LogP contribution in [0.2, 0.25) is 0 Å². The molecule has 0 radical (unpaired) electrons. The van der Waals surface area contributed by atoms with Gasteiger partial charge in [0.05, 0.1) is 6.54 Å². The maximum atomic E-state index is 4.51. The highest BCUT2D eigenvalue weighted by molar-refractivity contribution is 9.10. The van der Waals surface area contributed by atoms with Crippen LogP contribution in [-0.4, -0.2) is 16.5 Å². The van der Waals surface area contributed by atoms with Crippen molar-refractivity contribution < 1.29 is 0 Å². The van der Waals surface area contributed by atoms with Crippen molar-refractivity contribution in [3.05, 3.63) is 32.7 Å². The van der Waals surface area contributed by atoms with Crippen LogP contribution in [0.4, 0.5) is 11.6 Å². The Balaban J connectivity index is 2.05. The highest BCUT2D eigenvalue weighted by Crippen LogP contribution is 2.21. The van der Waals surface area contributed by atoms with Gasteiger partial charge in [-0.15, -0.1) is 11.3 Å². The van der Waals surface area contributed by atoms with Crippen molar-refractivity contribution in [3.63, 3.8) is 0 Å². The van der Waals surface area contributed by atoms with E-state index in [2.05, 4.69) is 61.8 Å². The van der Waals surface area contributed by atoms with Gasteiger partial charge < -0.3 is 10.6 Å². The van der Waals surface area contributed by atoms with E-state index in [1.165, 1.54) is 4.88 Å². The van der Waals surface area contributed by atoms with Crippen molar-refractivity contribution in [2.45, 2.75) is 33.2 Å². The maximum Gasteiger partial charge on any atom is 0.132 e. The Hall–Kier alpha value is -1.14. The average Bonchev–Trinajstić information content (AvgIpc) is 2.88. The fraction of sp³-hybridized carbons (Fsp3) is 0.429. The van der Waals surface area contributed by atoms with Crippen LogP contribution in [0.3, 0.4) is 0 Å². The first-order valence-electron chi connectivity index (χ1n) is 6.80. The summed E-state index contributed by atoms with van der Waals surface area (Å²) in [5.41, 5.74) is 0. The Labute approximate surface area is 132 Å². The van der Waals surface area contributed by atoms with E-state index in [0.717, 1.165) is 47.9 Å². The highest BCUT2D eigenvalue weighted by atomic mass is 79.9. The molecule has 2 aromatic rings. The quantitative estimate of drug-likeness (QED) is 0.778. The second kappa shape index (κ2) is 7.59. The van der Waals surface area contributed by atoms with Crippen LogP contribution in [0.1, 0.15) is 31.0 Å². The largest absolute Gasteiger partial charge is 0.370 e. The maximum absolute atomic E-state index is 4.51. The number of hydrogen-bond acceptors (Lipinski definition) is 5. The van der Waals surface area contributed by atoms with Crippen molar-refractivity contribution in [2.75, 3.05) is 17.2 Å². The third-order valence-corrected chi connectivity index (χ3v) is 4.41. The summed E-state index contributed by atoms with van der Waals surface area (Å²) in [5.74, 6) is 2.63. The molecule has 0 saturated carbocycles. The van der Waals surface area contributed by atoms with Crippen molar-refractivity contribution in [1.29, 1.82) is 0 Å². The second-order valence-corrected chi connectivity index (χ2v) is 6.33. The molecular formula is C14H19BrN4S. The number of aryl methyl sites for hydroxylation is 1. The number of halogens is 1. The van der Waals surface area contributed by atoms with Crippen LogP contribution in [-0.2, 0) is 13.0 Å². The van der Waals surface area contributed by atoms with E-state index >= 15 is 0 Å². The van der Waals surface area contributed by atoms with Gasteiger partial charge in [0.15, 0.2) is 0 Å². The first kappa shape index (κ1) is 15.3. The van der Waals surface area contributed by atoms with Gasteiger partial charge in [-0.1, -0.05) is 13.8 Å². The van der Waals surface area contributed by atoms with E-state index in [4.69, 9.17) is 0 Å². The highest BCUT2D eigenvalue weighted by Gasteiger charge is 2.04. The second-order valence-electron chi connectivity index (χ2n) is 4.42. The fourth-order valence-corrected chi connectivity index (χ4v) is 3.10. The summed E-state index contributed by atoms with van der Waals surface area (Å²) >= 11 is 5.20. The van der Waals surface area contributed by atoms with E-state index < -0.39 is 0 Å². The van der Waals surface area contributed by atoms with Gasteiger partial charge in [-0.25, -0.2) is 9.97 Å².